The van der Waals surface area contributed by atoms with Gasteiger partial charge in [0.05, 0.1) is 22.4 Å². The topological polar surface area (TPSA) is 118 Å². The van der Waals surface area contributed by atoms with E-state index in [1.165, 1.54) is 12.1 Å². The average Bonchev–Trinajstić information content (AvgIpc) is 2.16. The maximum absolute atomic E-state index is 11.1. The third kappa shape index (κ3) is 2.68. The second kappa shape index (κ2) is 4.17. The molecule has 6 N–H and O–H groups in total. The second-order valence-corrected chi connectivity index (χ2v) is 5.82. The van der Waals surface area contributed by atoms with Crippen molar-refractivity contribution in [3.63, 3.8) is 0 Å². The van der Waals surface area contributed by atoms with Gasteiger partial charge in [-0.05, 0) is 31.0 Å². The van der Waals surface area contributed by atoms with Gasteiger partial charge < -0.3 is 16.2 Å². The first-order valence-corrected chi connectivity index (χ1v) is 6.78. The summed E-state index contributed by atoms with van der Waals surface area (Å²) < 4.78 is 22.2. The third-order valence-corrected chi connectivity index (χ3v) is 3.74. The molecule has 94 valence electrons. The van der Waals surface area contributed by atoms with Crippen molar-refractivity contribution in [2.24, 2.45) is 5.14 Å². The molecule has 0 amide bonds. The zero-order valence-corrected chi connectivity index (χ0v) is 9.94. The van der Waals surface area contributed by atoms with E-state index >= 15 is 0 Å². The van der Waals surface area contributed by atoms with Crippen LogP contribution in [0.15, 0.2) is 23.1 Å². The molecule has 0 aliphatic heterocycles. The van der Waals surface area contributed by atoms with Crippen molar-refractivity contribution < 1.29 is 13.5 Å². The van der Waals surface area contributed by atoms with Crippen molar-refractivity contribution in [2.45, 2.75) is 29.9 Å². The Balaban J connectivity index is 2.15. The lowest BCUT2D eigenvalue weighted by molar-refractivity contribution is 0.0837. The van der Waals surface area contributed by atoms with Gasteiger partial charge in [0.2, 0.25) is 10.0 Å². The van der Waals surface area contributed by atoms with E-state index in [4.69, 9.17) is 16.0 Å². The van der Waals surface area contributed by atoms with Gasteiger partial charge in [0.25, 0.3) is 0 Å². The Bertz CT molecular complexity index is 524. The van der Waals surface area contributed by atoms with Crippen molar-refractivity contribution in [1.29, 1.82) is 0 Å². The molecule has 0 saturated heterocycles. The van der Waals surface area contributed by atoms with Crippen LogP contribution in [-0.4, -0.2) is 25.7 Å². The number of rotatable bonds is 3. The minimum absolute atomic E-state index is 0.00538. The Kier molecular flexibility index (Phi) is 2.98. The van der Waals surface area contributed by atoms with Crippen molar-refractivity contribution in [3.05, 3.63) is 18.2 Å². The fraction of sp³-hybridized carbons (Fsp3) is 0.400. The molecule has 7 heteroatoms. The van der Waals surface area contributed by atoms with Gasteiger partial charge in [0.1, 0.15) is 0 Å². The summed E-state index contributed by atoms with van der Waals surface area (Å²) in [5.41, 5.74) is 6.73. The number of hydrogen-bond acceptors (Lipinski definition) is 5. The van der Waals surface area contributed by atoms with Crippen LogP contribution in [0.2, 0.25) is 0 Å². The van der Waals surface area contributed by atoms with Crippen molar-refractivity contribution in [1.82, 2.24) is 0 Å². The van der Waals surface area contributed by atoms with E-state index in [0.29, 0.717) is 24.2 Å². The van der Waals surface area contributed by atoms with E-state index in [0.717, 1.165) is 0 Å². The Morgan fingerprint density at radius 1 is 1.35 bits per heavy atom. The van der Waals surface area contributed by atoms with E-state index in [1.54, 1.807) is 6.07 Å². The van der Waals surface area contributed by atoms with E-state index < -0.39 is 10.0 Å². The monoisotopic (exact) mass is 257 g/mol. The minimum Gasteiger partial charge on any atom is -0.397 e. The Hall–Kier alpha value is -1.31. The molecule has 0 bridgehead atoms. The van der Waals surface area contributed by atoms with Crippen molar-refractivity contribution in [3.8, 4) is 0 Å². The molecule has 1 aromatic rings. The molecule has 0 unspecified atom stereocenters. The number of nitrogens with one attached hydrogen (secondary N) is 1. The molecule has 1 aliphatic carbocycles. The van der Waals surface area contributed by atoms with Crippen LogP contribution in [0.1, 0.15) is 12.8 Å². The quantitative estimate of drug-likeness (QED) is 0.562. The van der Waals surface area contributed by atoms with Crippen LogP contribution in [0.25, 0.3) is 0 Å². The summed E-state index contributed by atoms with van der Waals surface area (Å²) in [6, 6.07) is 4.50. The second-order valence-electron chi connectivity index (χ2n) is 4.26. The zero-order chi connectivity index (χ0) is 12.6. The number of primary sulfonamides is 1. The zero-order valence-electron chi connectivity index (χ0n) is 9.13. The van der Waals surface area contributed by atoms with Gasteiger partial charge in [0.15, 0.2) is 0 Å². The molecular formula is C10H15N3O3S. The first kappa shape index (κ1) is 12.2. The molecule has 2 rings (SSSR count). The first-order valence-electron chi connectivity index (χ1n) is 5.23. The molecule has 0 aromatic heterocycles. The normalized spacial score (nSPS) is 24.1. The lowest BCUT2D eigenvalue weighted by Gasteiger charge is -2.33. The highest BCUT2D eigenvalue weighted by Gasteiger charge is 2.27. The van der Waals surface area contributed by atoms with Gasteiger partial charge in [0, 0.05) is 6.04 Å². The first-order chi connectivity index (χ1) is 7.86. The molecule has 0 spiro atoms. The number of aliphatic hydroxyl groups excluding tert-OH is 1. The molecule has 0 heterocycles. The smallest absolute Gasteiger partial charge is 0.238 e. The summed E-state index contributed by atoms with van der Waals surface area (Å²) in [7, 11) is -3.72. The molecule has 1 aromatic carbocycles. The molecule has 17 heavy (non-hydrogen) atoms. The molecule has 6 nitrogen and oxygen atoms in total. The third-order valence-electron chi connectivity index (χ3n) is 2.82. The minimum atomic E-state index is -3.72. The van der Waals surface area contributed by atoms with Crippen LogP contribution in [0.4, 0.5) is 11.4 Å². The lowest BCUT2D eigenvalue weighted by Crippen LogP contribution is -2.39. The number of nitrogens with two attached hydrogens (primary N) is 2. The highest BCUT2D eigenvalue weighted by Crippen LogP contribution is 2.28. The largest absolute Gasteiger partial charge is 0.397 e. The van der Waals surface area contributed by atoms with Crippen LogP contribution < -0.4 is 16.2 Å². The maximum atomic E-state index is 11.1. The molecule has 0 atom stereocenters. The predicted molar refractivity (Wildman–Crippen MR) is 64.9 cm³/mol. The van der Waals surface area contributed by atoms with E-state index in [1.807, 2.05) is 0 Å². The van der Waals surface area contributed by atoms with Crippen LogP contribution in [0.3, 0.4) is 0 Å². The Morgan fingerprint density at radius 2 is 2.00 bits per heavy atom. The van der Waals surface area contributed by atoms with Crippen LogP contribution in [0.5, 0.6) is 0 Å². The summed E-state index contributed by atoms with van der Waals surface area (Å²) in [6.07, 6.45) is 1.10. The number of aliphatic hydroxyl groups is 1. The highest BCUT2D eigenvalue weighted by molar-refractivity contribution is 7.89. The van der Waals surface area contributed by atoms with Gasteiger partial charge in [-0.3, -0.25) is 0 Å². The van der Waals surface area contributed by atoms with Gasteiger partial charge >= 0.3 is 0 Å². The number of hydrogen-bond donors (Lipinski definition) is 4. The van der Waals surface area contributed by atoms with Crippen molar-refractivity contribution in [2.75, 3.05) is 11.1 Å². The van der Waals surface area contributed by atoms with E-state index in [2.05, 4.69) is 5.32 Å². The standard InChI is InChI=1S/C10H15N3O3S/c11-9-5-8(17(12,15)16)1-2-10(9)13-6-3-7(14)4-6/h1-2,5-7,13-14H,3-4,11H2,(H2,12,15,16). The van der Waals surface area contributed by atoms with E-state index in [-0.39, 0.29) is 17.0 Å². The molecular weight excluding hydrogens is 242 g/mol. The average molecular weight is 257 g/mol. The summed E-state index contributed by atoms with van der Waals surface area (Å²) in [5, 5.41) is 17.3. The SMILES string of the molecule is Nc1cc(S(N)(=O)=O)ccc1NC1CC(O)C1. The van der Waals surface area contributed by atoms with Gasteiger partial charge in [-0.2, -0.15) is 0 Å². The molecule has 1 saturated carbocycles. The Labute approximate surface area is 99.7 Å². The maximum Gasteiger partial charge on any atom is 0.238 e. The Morgan fingerprint density at radius 3 is 2.47 bits per heavy atom. The van der Waals surface area contributed by atoms with Crippen LogP contribution >= 0.6 is 0 Å². The summed E-state index contributed by atoms with van der Waals surface area (Å²) in [4.78, 5) is -0.00538. The van der Waals surface area contributed by atoms with Crippen molar-refractivity contribution >= 4 is 21.4 Å². The fourth-order valence-corrected chi connectivity index (χ4v) is 2.32. The fourth-order valence-electron chi connectivity index (χ4n) is 1.77. The highest BCUT2D eigenvalue weighted by atomic mass is 32.2. The van der Waals surface area contributed by atoms with Crippen LogP contribution in [0, 0.1) is 0 Å². The van der Waals surface area contributed by atoms with E-state index in [9.17, 15) is 8.42 Å². The summed E-state index contributed by atoms with van der Waals surface area (Å²) >= 11 is 0. The number of nitrogen functional groups attached to an aromatic ring is 1. The van der Waals surface area contributed by atoms with Gasteiger partial charge in [-0.15, -0.1) is 0 Å². The summed E-state index contributed by atoms with van der Waals surface area (Å²) in [6.45, 7) is 0. The lowest BCUT2D eigenvalue weighted by atomic mass is 9.89. The number of benzene rings is 1. The van der Waals surface area contributed by atoms with Gasteiger partial charge in [-0.1, -0.05) is 0 Å². The molecule has 1 aliphatic rings. The summed E-state index contributed by atoms with van der Waals surface area (Å²) in [5.74, 6) is 0. The predicted octanol–water partition coefficient (Wildman–Crippen LogP) is -0.149. The molecule has 0 radical (unpaired) electrons. The number of anilines is 2. The van der Waals surface area contributed by atoms with Crippen LogP contribution in [-0.2, 0) is 10.0 Å². The van der Waals surface area contributed by atoms with Gasteiger partial charge in [-0.25, -0.2) is 13.6 Å². The molecule has 1 fully saturated rings. The number of sulfonamides is 1.